The predicted molar refractivity (Wildman–Crippen MR) is 71.3 cm³/mol. The molecule has 0 radical (unpaired) electrons. The van der Waals surface area contributed by atoms with E-state index in [-0.39, 0.29) is 0 Å². The Bertz CT molecular complexity index is 239. The second kappa shape index (κ2) is 3.53. The lowest BCUT2D eigenvalue weighted by atomic mass is 9.48. The minimum atomic E-state index is 0.521. The molecule has 2 saturated heterocycles. The molecule has 0 aliphatic carbocycles. The zero-order valence-corrected chi connectivity index (χ0v) is 11.0. The second-order valence-corrected chi connectivity index (χ2v) is 6.42. The van der Waals surface area contributed by atoms with Crippen LogP contribution in [0.5, 0.6) is 0 Å². The highest BCUT2D eigenvalue weighted by Gasteiger charge is 2.56. The maximum absolute atomic E-state index is 2.66. The number of likely N-dealkylation sites (tertiary alicyclic amines) is 2. The molecule has 2 aliphatic heterocycles. The van der Waals surface area contributed by atoms with Crippen molar-refractivity contribution in [2.24, 2.45) is 0 Å². The van der Waals surface area contributed by atoms with Crippen molar-refractivity contribution < 1.29 is 0 Å². The summed E-state index contributed by atoms with van der Waals surface area (Å²) in [6, 6.07) is 0.708. The maximum Gasteiger partial charge on any atom is 0.112 e. The van der Waals surface area contributed by atoms with Crippen molar-refractivity contribution in [2.45, 2.75) is 37.4 Å². The summed E-state index contributed by atoms with van der Waals surface area (Å²) >= 11 is 0. The van der Waals surface area contributed by atoms with Crippen LogP contribution in [0.2, 0.25) is 10.6 Å². The van der Waals surface area contributed by atoms with Crippen LogP contribution in [0.1, 0.15) is 20.8 Å². The minimum absolute atomic E-state index is 0.521. The molecule has 2 aliphatic rings. The van der Waals surface area contributed by atoms with Crippen LogP contribution in [0.25, 0.3) is 0 Å². The summed E-state index contributed by atoms with van der Waals surface area (Å²) in [5.41, 5.74) is 0. The zero-order valence-electron chi connectivity index (χ0n) is 11.0. The molecule has 84 valence electrons. The maximum atomic E-state index is 2.66. The third-order valence-electron chi connectivity index (χ3n) is 4.88. The second-order valence-electron chi connectivity index (χ2n) is 6.42. The number of fused-ring (bicyclic) bond motifs is 1. The quantitative estimate of drug-likeness (QED) is 0.568. The van der Waals surface area contributed by atoms with Gasteiger partial charge in [0.05, 0.1) is 0 Å². The van der Waals surface area contributed by atoms with E-state index >= 15 is 0 Å². The van der Waals surface area contributed by atoms with Crippen LogP contribution < -0.4 is 0 Å². The molecular formula is C11H24B2N2. The van der Waals surface area contributed by atoms with Gasteiger partial charge in [-0.25, -0.2) is 0 Å². The lowest BCUT2D eigenvalue weighted by molar-refractivity contribution is 0.230. The van der Waals surface area contributed by atoms with E-state index in [1.807, 2.05) is 0 Å². The van der Waals surface area contributed by atoms with Crippen LogP contribution in [0.3, 0.4) is 0 Å². The van der Waals surface area contributed by atoms with Crippen molar-refractivity contribution in [1.82, 2.24) is 9.80 Å². The summed E-state index contributed by atoms with van der Waals surface area (Å²) in [6.07, 6.45) is 0. The fraction of sp³-hybridized carbons (Fsp3) is 1.00. The molecule has 0 bridgehead atoms. The molecule has 0 spiro atoms. The van der Waals surface area contributed by atoms with Gasteiger partial charge < -0.3 is 9.80 Å². The summed E-state index contributed by atoms with van der Waals surface area (Å²) in [6.45, 7) is 13.3. The van der Waals surface area contributed by atoms with Gasteiger partial charge in [-0.05, 0) is 57.2 Å². The molecule has 2 atom stereocenters. The number of rotatable bonds is 2. The molecule has 2 fully saturated rings. The molecule has 0 saturated carbocycles. The number of nitrogens with zero attached hydrogens (tertiary/aromatic N) is 2. The Kier molecular flexibility index (Phi) is 2.71. The SMILES string of the molecule is B[C@@]12CN(CC)C[C@]1(B)CN(C(C)C)C2. The van der Waals surface area contributed by atoms with Crippen LogP contribution in [0.4, 0.5) is 0 Å². The van der Waals surface area contributed by atoms with Crippen molar-refractivity contribution in [3.63, 3.8) is 0 Å². The van der Waals surface area contributed by atoms with E-state index in [4.69, 9.17) is 0 Å². The normalized spacial score (nSPS) is 42.7. The Hall–Kier alpha value is 0.0499. The van der Waals surface area contributed by atoms with Gasteiger partial charge in [0.25, 0.3) is 0 Å². The monoisotopic (exact) mass is 206 g/mol. The standard InChI is InChI=1S/C11H24B2N2/c1-4-14-5-10(12)7-15(9(2)3)8-11(10,13)6-14/h9H,4-8,12-13H2,1-3H3/t10-,11+. The minimum Gasteiger partial charge on any atom is -0.304 e. The van der Waals surface area contributed by atoms with E-state index in [2.05, 4.69) is 46.3 Å². The highest BCUT2D eigenvalue weighted by molar-refractivity contribution is 6.28. The Morgan fingerprint density at radius 3 is 1.87 bits per heavy atom. The van der Waals surface area contributed by atoms with Crippen LogP contribution in [-0.2, 0) is 0 Å². The topological polar surface area (TPSA) is 6.48 Å². The Balaban J connectivity index is 2.15. The predicted octanol–water partition coefficient (Wildman–Crippen LogP) is -0.371. The molecule has 0 aromatic heterocycles. The average molecular weight is 206 g/mol. The van der Waals surface area contributed by atoms with E-state index in [1.54, 1.807) is 0 Å². The van der Waals surface area contributed by atoms with E-state index in [0.29, 0.717) is 16.7 Å². The molecule has 0 aromatic carbocycles. The van der Waals surface area contributed by atoms with Crippen molar-refractivity contribution in [1.29, 1.82) is 0 Å². The van der Waals surface area contributed by atoms with Crippen LogP contribution in [-0.4, -0.2) is 64.3 Å². The van der Waals surface area contributed by atoms with E-state index in [1.165, 1.54) is 32.7 Å². The molecule has 4 heteroatoms. The molecule has 2 rings (SSSR count). The first-order valence-corrected chi connectivity index (χ1v) is 6.37. The van der Waals surface area contributed by atoms with E-state index in [0.717, 1.165) is 0 Å². The summed E-state index contributed by atoms with van der Waals surface area (Å²) in [5, 5.41) is 1.04. The average Bonchev–Trinajstić information content (AvgIpc) is 2.50. The lowest BCUT2D eigenvalue weighted by Crippen LogP contribution is -2.34. The third kappa shape index (κ3) is 1.66. The van der Waals surface area contributed by atoms with E-state index < -0.39 is 0 Å². The van der Waals surface area contributed by atoms with Crippen molar-refractivity contribution in [3.8, 4) is 0 Å². The summed E-state index contributed by atoms with van der Waals surface area (Å²) in [4.78, 5) is 5.28. The molecule has 0 unspecified atom stereocenters. The molecule has 0 aromatic rings. The van der Waals surface area contributed by atoms with Crippen LogP contribution in [0, 0.1) is 0 Å². The summed E-state index contributed by atoms with van der Waals surface area (Å²) in [5.74, 6) is 0. The Morgan fingerprint density at radius 1 is 1.07 bits per heavy atom. The van der Waals surface area contributed by atoms with Gasteiger partial charge in [0.1, 0.15) is 15.7 Å². The molecule has 0 amide bonds. The Morgan fingerprint density at radius 2 is 1.53 bits per heavy atom. The fourth-order valence-electron chi connectivity index (χ4n) is 3.45. The number of hydrogen-bond donors (Lipinski definition) is 0. The van der Waals surface area contributed by atoms with Gasteiger partial charge in [-0.1, -0.05) is 6.92 Å². The largest absolute Gasteiger partial charge is 0.304 e. The first-order chi connectivity index (χ1) is 6.90. The molecule has 15 heavy (non-hydrogen) atoms. The van der Waals surface area contributed by atoms with Crippen molar-refractivity contribution in [2.75, 3.05) is 32.7 Å². The van der Waals surface area contributed by atoms with Gasteiger partial charge in [0.2, 0.25) is 0 Å². The van der Waals surface area contributed by atoms with Crippen LogP contribution in [0.15, 0.2) is 0 Å². The zero-order chi connectivity index (χ0) is 11.3. The first-order valence-electron chi connectivity index (χ1n) is 6.37. The summed E-state index contributed by atoms with van der Waals surface area (Å²) < 4.78 is 0. The van der Waals surface area contributed by atoms with Gasteiger partial charge in [0, 0.05) is 6.04 Å². The van der Waals surface area contributed by atoms with Gasteiger partial charge >= 0.3 is 0 Å². The highest BCUT2D eigenvalue weighted by Crippen LogP contribution is 2.58. The number of hydrogen-bond acceptors (Lipinski definition) is 2. The van der Waals surface area contributed by atoms with Gasteiger partial charge in [-0.3, -0.25) is 0 Å². The van der Waals surface area contributed by atoms with Crippen molar-refractivity contribution >= 4 is 15.7 Å². The molecule has 2 nitrogen and oxygen atoms in total. The Labute approximate surface area is 96.2 Å². The molecule has 0 N–H and O–H groups in total. The first kappa shape index (κ1) is 11.5. The van der Waals surface area contributed by atoms with Gasteiger partial charge in [-0.2, -0.15) is 0 Å². The third-order valence-corrected chi connectivity index (χ3v) is 4.88. The smallest absolute Gasteiger partial charge is 0.112 e. The van der Waals surface area contributed by atoms with Gasteiger partial charge in [-0.15, -0.1) is 0 Å². The van der Waals surface area contributed by atoms with Crippen molar-refractivity contribution in [3.05, 3.63) is 0 Å². The highest BCUT2D eigenvalue weighted by atomic mass is 15.3. The van der Waals surface area contributed by atoms with E-state index in [9.17, 15) is 0 Å². The molecular weight excluding hydrogens is 182 g/mol. The van der Waals surface area contributed by atoms with Gasteiger partial charge in [0.15, 0.2) is 0 Å². The lowest BCUT2D eigenvalue weighted by Gasteiger charge is -2.31. The summed E-state index contributed by atoms with van der Waals surface area (Å²) in [7, 11) is 4.98. The molecule has 2 heterocycles. The fourth-order valence-corrected chi connectivity index (χ4v) is 3.45. The van der Waals surface area contributed by atoms with Crippen LogP contribution >= 0.6 is 0 Å².